The molecule has 10 fully saturated rings. The van der Waals surface area contributed by atoms with Crippen LogP contribution >= 0.6 is 0 Å². The summed E-state index contributed by atoms with van der Waals surface area (Å²) in [5.74, 6) is 1.30. The third-order valence-corrected chi connectivity index (χ3v) is 23.0. The smallest absolute Gasteiger partial charge is 0.267 e. The Morgan fingerprint density at radius 3 is 1.22 bits per heavy atom. The summed E-state index contributed by atoms with van der Waals surface area (Å²) in [6.07, 6.45) is 30.8. The molecule has 1 aliphatic heterocycles. The molecule has 0 aromatic carbocycles. The molecule has 9 saturated carbocycles. The molecule has 9 aliphatic carbocycles. The Kier molecular flexibility index (Phi) is 19.4. The molecule has 12 atom stereocenters. The van der Waals surface area contributed by atoms with Crippen molar-refractivity contribution in [3.8, 4) is 0 Å². The summed E-state index contributed by atoms with van der Waals surface area (Å²) in [5.41, 5.74) is 0. The normalized spacial score (nSPS) is 42.9. The number of ether oxygens (including phenoxy) is 1. The molecule has 0 spiro atoms. The maximum atomic E-state index is 12.3. The molecule has 0 aromatic rings. The van der Waals surface area contributed by atoms with Gasteiger partial charge in [0.05, 0.1) is 72.0 Å². The van der Waals surface area contributed by atoms with Crippen LogP contribution in [0.1, 0.15) is 199 Å². The van der Waals surface area contributed by atoms with Crippen LogP contribution in [0.15, 0.2) is 40.9 Å². The second-order valence-corrected chi connectivity index (χ2v) is 28.6. The van der Waals surface area contributed by atoms with E-state index < -0.39 is 30.7 Å². The van der Waals surface area contributed by atoms with Crippen LogP contribution in [0.25, 0.3) is 0 Å². The van der Waals surface area contributed by atoms with Gasteiger partial charge in [0.1, 0.15) is 0 Å². The molecule has 18 nitrogen and oxygen atoms in total. The second kappa shape index (κ2) is 25.9. The van der Waals surface area contributed by atoms with Gasteiger partial charge in [-0.1, -0.05) is 32.1 Å². The van der Waals surface area contributed by atoms with Gasteiger partial charge >= 0.3 is 0 Å². The number of morpholine rings is 1. The summed E-state index contributed by atoms with van der Waals surface area (Å²) in [6, 6.07) is 3.94. The molecule has 1 heterocycles. The Hall–Kier alpha value is -1.94. The van der Waals surface area contributed by atoms with Gasteiger partial charge in [0, 0.05) is 43.3 Å². The van der Waals surface area contributed by atoms with Crippen molar-refractivity contribution in [1.82, 2.24) is 15.5 Å². The lowest BCUT2D eigenvalue weighted by Crippen LogP contribution is -2.57. The van der Waals surface area contributed by atoms with Crippen LogP contribution in [0.5, 0.6) is 0 Å². The van der Waals surface area contributed by atoms with E-state index in [4.69, 9.17) is 40.5 Å². The summed E-state index contributed by atoms with van der Waals surface area (Å²) in [7, 11) is -8.25. The monoisotopic (exact) mass is 1070 g/mol. The molecular weight excluding hydrogens is 979 g/mol. The summed E-state index contributed by atoms with van der Waals surface area (Å²) < 4.78 is 73.4. The highest BCUT2D eigenvalue weighted by molar-refractivity contribution is 7.86. The number of hydrogen-bond acceptors (Lipinski definition) is 16. The van der Waals surface area contributed by atoms with Gasteiger partial charge in [0.15, 0.2) is 0 Å². The minimum atomic E-state index is -4.19. The van der Waals surface area contributed by atoms with Crippen LogP contribution in [0.4, 0.5) is 0 Å². The first-order chi connectivity index (χ1) is 35.9. The molecule has 10 aliphatic rings. The Balaban J connectivity index is 0.686. The predicted octanol–water partition coefficient (Wildman–Crippen LogP) is 10.3. The molecule has 20 heteroatoms. The number of hydrogen-bond donors (Lipinski definition) is 4. The molecule has 74 heavy (non-hydrogen) atoms. The average molecular weight is 1070 g/mol. The van der Waals surface area contributed by atoms with E-state index in [1.54, 1.807) is 0 Å². The van der Waals surface area contributed by atoms with E-state index in [0.717, 1.165) is 96.9 Å². The molecule has 12 unspecified atom stereocenters. The van der Waals surface area contributed by atoms with E-state index >= 15 is 0 Å². The number of azo groups is 4. The Bertz CT molecular complexity index is 2120. The van der Waals surface area contributed by atoms with Gasteiger partial charge in [-0.15, -0.1) is 0 Å². The van der Waals surface area contributed by atoms with Crippen molar-refractivity contribution in [2.45, 2.75) is 288 Å². The summed E-state index contributed by atoms with van der Waals surface area (Å²) in [6.45, 7) is 3.67. The third kappa shape index (κ3) is 14.8. The highest BCUT2D eigenvalue weighted by atomic mass is 32.2. The topological polar surface area (TPSA) is 244 Å². The minimum Gasteiger partial charge on any atom is -0.379 e. The fourth-order valence-corrected chi connectivity index (χ4v) is 18.0. The number of nitrogens with one attached hydrogen (secondary N) is 2. The van der Waals surface area contributed by atoms with Gasteiger partial charge in [-0.25, -0.2) is 0 Å². The summed E-state index contributed by atoms with van der Waals surface area (Å²) >= 11 is 0. The molecule has 0 aromatic heterocycles. The SMILES string of the molecule is O=S(=O)(O)C1CCC(N=NC2CCC(N=NC3CCC(NC4CC(NC5CCC(N=NC6CCC(N=NC7CCCCC7)C7CCCCC67)CC5)CC(N5CCOCC5)C4)CC3)C3CCC(S(=O)(=O)O)CC23)CC1. The summed E-state index contributed by atoms with van der Waals surface area (Å²) in [5, 5.41) is 46.6. The third-order valence-electron chi connectivity index (χ3n) is 20.4. The number of rotatable bonds is 15. The first kappa shape index (κ1) is 55.4. The fraction of sp³-hybridized carbons (Fsp3) is 1.00. The first-order valence-electron chi connectivity index (χ1n) is 30.2. The maximum absolute atomic E-state index is 12.3. The molecule has 418 valence electrons. The van der Waals surface area contributed by atoms with Crippen molar-refractivity contribution in [3.63, 3.8) is 0 Å². The van der Waals surface area contributed by atoms with Gasteiger partial charge in [-0.05, 0) is 191 Å². The standard InChI is InChI=1S/C54H93N11O7S2/c66-73(67,68)45-20-18-41(19-21-45)60-64-54-27-26-53(49-23-22-46(35-50(49)54)74(69,70)71)63-59-40-16-12-37(13-17-40)56-43-32-42(33-44(34-43)65-28-30-72-31-29-65)55-36-10-14-39(15-11-36)58-62-52-25-24-51(47-8-4-5-9-48(47)52)61-57-38-6-2-1-3-7-38/h36-56H,1-35H2,(H,66,67,68)(H,69,70,71). The van der Waals surface area contributed by atoms with Gasteiger partial charge in [0.2, 0.25) is 0 Å². The zero-order valence-electron chi connectivity index (χ0n) is 44.5. The number of nitrogens with zero attached hydrogens (tertiary/aromatic N) is 9. The number of fused-ring (bicyclic) bond motifs is 2. The quantitative estimate of drug-likeness (QED) is 0.0893. The van der Waals surface area contributed by atoms with Crippen LogP contribution in [0, 0.1) is 23.7 Å². The van der Waals surface area contributed by atoms with Crippen LogP contribution < -0.4 is 10.6 Å². The van der Waals surface area contributed by atoms with E-state index in [1.807, 2.05) is 0 Å². The zero-order valence-corrected chi connectivity index (χ0v) is 46.1. The van der Waals surface area contributed by atoms with Gasteiger partial charge in [0.25, 0.3) is 20.2 Å². The molecule has 10 rings (SSSR count). The Morgan fingerprint density at radius 1 is 0.365 bits per heavy atom. The molecular formula is C54H93N11O7S2. The Labute approximate surface area is 443 Å². The van der Waals surface area contributed by atoms with Crippen molar-refractivity contribution in [3.05, 3.63) is 0 Å². The highest BCUT2D eigenvalue weighted by Gasteiger charge is 2.47. The molecule has 0 amide bonds. The van der Waals surface area contributed by atoms with Gasteiger partial charge in [-0.2, -0.15) is 57.7 Å². The van der Waals surface area contributed by atoms with Crippen LogP contribution in [0.2, 0.25) is 0 Å². The molecule has 1 saturated heterocycles. The van der Waals surface area contributed by atoms with Crippen molar-refractivity contribution >= 4 is 20.2 Å². The highest BCUT2D eigenvalue weighted by Crippen LogP contribution is 2.47. The largest absolute Gasteiger partial charge is 0.379 e. The molecule has 0 radical (unpaired) electrons. The van der Waals surface area contributed by atoms with E-state index in [0.29, 0.717) is 111 Å². The summed E-state index contributed by atoms with van der Waals surface area (Å²) in [4.78, 5) is 2.70. The predicted molar refractivity (Wildman–Crippen MR) is 285 cm³/mol. The molecule has 4 N–H and O–H groups in total. The van der Waals surface area contributed by atoms with E-state index in [9.17, 15) is 25.9 Å². The van der Waals surface area contributed by atoms with E-state index in [-0.39, 0.29) is 36.0 Å². The van der Waals surface area contributed by atoms with Crippen molar-refractivity contribution < 1.29 is 30.7 Å². The van der Waals surface area contributed by atoms with E-state index in [2.05, 4.69) is 20.6 Å². The average Bonchev–Trinajstić information content (AvgIpc) is 3.41. The minimum absolute atomic E-state index is 0.00779. The zero-order chi connectivity index (χ0) is 51.1. The van der Waals surface area contributed by atoms with Crippen molar-refractivity contribution in [2.24, 2.45) is 64.6 Å². The first-order valence-corrected chi connectivity index (χ1v) is 33.2. The maximum Gasteiger partial charge on any atom is 0.267 e. The lowest BCUT2D eigenvalue weighted by atomic mass is 9.66. The second-order valence-electron chi connectivity index (χ2n) is 25.2. The Morgan fingerprint density at radius 2 is 0.757 bits per heavy atom. The molecule has 0 bridgehead atoms. The fourth-order valence-electron chi connectivity index (χ4n) is 16.2. The lowest BCUT2D eigenvalue weighted by molar-refractivity contribution is 0.000104. The van der Waals surface area contributed by atoms with Crippen LogP contribution in [0.3, 0.4) is 0 Å². The van der Waals surface area contributed by atoms with Crippen LogP contribution in [-0.2, 0) is 25.0 Å². The van der Waals surface area contributed by atoms with Gasteiger partial charge < -0.3 is 15.4 Å². The lowest BCUT2D eigenvalue weighted by Gasteiger charge is -2.45. The van der Waals surface area contributed by atoms with Crippen molar-refractivity contribution in [1.29, 1.82) is 0 Å². The van der Waals surface area contributed by atoms with Gasteiger partial charge in [-0.3, -0.25) is 14.0 Å². The van der Waals surface area contributed by atoms with Crippen LogP contribution in [-0.4, -0.2) is 146 Å². The van der Waals surface area contributed by atoms with E-state index in [1.165, 1.54) is 83.5 Å². The van der Waals surface area contributed by atoms with Crippen molar-refractivity contribution in [2.75, 3.05) is 26.3 Å².